The van der Waals surface area contributed by atoms with Gasteiger partial charge in [-0.2, -0.15) is 4.98 Å². The second-order valence-electron chi connectivity index (χ2n) is 8.62. The summed E-state index contributed by atoms with van der Waals surface area (Å²) in [5.41, 5.74) is 3.74. The van der Waals surface area contributed by atoms with Crippen molar-refractivity contribution in [3.8, 4) is 17.3 Å². The van der Waals surface area contributed by atoms with Crippen LogP contribution in [0.15, 0.2) is 42.5 Å². The lowest BCUT2D eigenvalue weighted by Gasteiger charge is -2.35. The Kier molecular flexibility index (Phi) is 5.99. The van der Waals surface area contributed by atoms with E-state index in [1.807, 2.05) is 24.3 Å². The number of fused-ring (bicyclic) bond motifs is 1. The van der Waals surface area contributed by atoms with Crippen molar-refractivity contribution < 1.29 is 14.6 Å². The van der Waals surface area contributed by atoms with Crippen molar-refractivity contribution in [3.05, 3.63) is 53.7 Å². The summed E-state index contributed by atoms with van der Waals surface area (Å²) in [7, 11) is 2.09. The first-order chi connectivity index (χ1) is 16.5. The number of nitrogens with one attached hydrogen (secondary N) is 2. The smallest absolute Gasteiger partial charge is 0.324 e. The molecule has 0 spiro atoms. The summed E-state index contributed by atoms with van der Waals surface area (Å²) in [6, 6.07) is 11.8. The molecule has 2 aliphatic heterocycles. The van der Waals surface area contributed by atoms with Crippen molar-refractivity contribution in [2.75, 3.05) is 42.3 Å². The Balaban J connectivity index is 1.36. The Bertz CT molecular complexity index is 1200. The van der Waals surface area contributed by atoms with Crippen LogP contribution in [0.4, 0.5) is 22.1 Å². The van der Waals surface area contributed by atoms with E-state index in [2.05, 4.69) is 39.4 Å². The van der Waals surface area contributed by atoms with Crippen LogP contribution >= 0.6 is 0 Å². The molecular formula is C24H27N7O3. The molecule has 4 heterocycles. The van der Waals surface area contributed by atoms with Crippen LogP contribution in [-0.2, 0) is 17.8 Å². The molecule has 1 unspecified atom stereocenters. The molecule has 2 amide bonds. The Morgan fingerprint density at radius 1 is 1.09 bits per heavy atom. The van der Waals surface area contributed by atoms with Gasteiger partial charge in [-0.1, -0.05) is 6.07 Å². The number of carbonyl (C=O) groups excluding carboxylic acids is 1. The maximum Gasteiger partial charge on any atom is 0.324 e. The fourth-order valence-electron chi connectivity index (χ4n) is 4.27. The van der Waals surface area contributed by atoms with Crippen LogP contribution in [0.25, 0.3) is 11.4 Å². The van der Waals surface area contributed by atoms with Gasteiger partial charge in [-0.15, -0.1) is 0 Å². The quantitative estimate of drug-likeness (QED) is 0.543. The lowest BCUT2D eigenvalue weighted by molar-refractivity contribution is 0.0984. The molecular weight excluding hydrogens is 434 g/mol. The fraction of sp³-hybridized carbons (Fsp3) is 0.333. The highest BCUT2D eigenvalue weighted by Gasteiger charge is 2.29. The standard InChI is InChI=1S/C24H27N7O3/c1-15-14-34-11-10-31(15)23-18-12-30(2)13-19(18)26-22(29-23)16-6-8-17(9-7-16)25-24(33)28-20-4-3-5-21(32)27-20/h3-9,15H,10-14H2,1-2H3,(H3,25,27,28,32,33). The Morgan fingerprint density at radius 3 is 2.68 bits per heavy atom. The van der Waals surface area contributed by atoms with E-state index in [0.717, 1.165) is 36.7 Å². The van der Waals surface area contributed by atoms with E-state index in [0.29, 0.717) is 24.7 Å². The highest BCUT2D eigenvalue weighted by atomic mass is 16.5. The molecule has 1 atom stereocenters. The SMILES string of the molecule is CC1COCCN1c1nc(-c2ccc(NC(=O)Nc3cccc(O)n3)cc2)nc2c1CN(C)C2. The van der Waals surface area contributed by atoms with Gasteiger partial charge in [0.1, 0.15) is 11.6 Å². The van der Waals surface area contributed by atoms with Crippen molar-refractivity contribution in [1.29, 1.82) is 0 Å². The number of aromatic hydroxyl groups is 1. The van der Waals surface area contributed by atoms with E-state index in [1.54, 1.807) is 12.1 Å². The van der Waals surface area contributed by atoms with Crippen LogP contribution in [0.5, 0.6) is 5.88 Å². The number of amides is 2. The van der Waals surface area contributed by atoms with Gasteiger partial charge in [0.25, 0.3) is 0 Å². The summed E-state index contributed by atoms with van der Waals surface area (Å²) in [5.74, 6) is 1.76. The molecule has 3 aromatic rings. The zero-order valence-corrected chi connectivity index (χ0v) is 19.2. The Morgan fingerprint density at radius 2 is 1.91 bits per heavy atom. The van der Waals surface area contributed by atoms with E-state index >= 15 is 0 Å². The third-order valence-electron chi connectivity index (χ3n) is 5.94. The molecule has 1 fully saturated rings. The Labute approximate surface area is 197 Å². The lowest BCUT2D eigenvalue weighted by atomic mass is 10.1. The topological polar surface area (TPSA) is 116 Å². The second kappa shape index (κ2) is 9.24. The fourth-order valence-corrected chi connectivity index (χ4v) is 4.27. The van der Waals surface area contributed by atoms with Crippen LogP contribution in [-0.4, -0.2) is 63.8 Å². The van der Waals surface area contributed by atoms with Crippen molar-refractivity contribution in [1.82, 2.24) is 19.9 Å². The molecule has 0 radical (unpaired) electrons. The average Bonchev–Trinajstić information content (AvgIpc) is 3.19. The number of hydrogen-bond donors (Lipinski definition) is 3. The predicted octanol–water partition coefficient (Wildman–Crippen LogP) is 3.06. The normalized spacial score (nSPS) is 17.9. The molecule has 34 heavy (non-hydrogen) atoms. The van der Waals surface area contributed by atoms with Gasteiger partial charge in [0, 0.05) is 42.5 Å². The number of hydrogen-bond acceptors (Lipinski definition) is 8. The number of morpholine rings is 1. The third-order valence-corrected chi connectivity index (χ3v) is 5.94. The molecule has 5 rings (SSSR count). The molecule has 0 bridgehead atoms. The molecule has 2 aliphatic rings. The van der Waals surface area contributed by atoms with E-state index in [1.165, 1.54) is 11.6 Å². The number of benzene rings is 1. The molecule has 10 heteroatoms. The van der Waals surface area contributed by atoms with Crippen molar-refractivity contribution in [2.24, 2.45) is 0 Å². The van der Waals surface area contributed by atoms with Crippen LogP contribution in [0.1, 0.15) is 18.2 Å². The van der Waals surface area contributed by atoms with Gasteiger partial charge < -0.3 is 20.1 Å². The molecule has 176 valence electrons. The number of aromatic nitrogens is 3. The molecule has 10 nitrogen and oxygen atoms in total. The van der Waals surface area contributed by atoms with E-state index in [-0.39, 0.29) is 17.7 Å². The summed E-state index contributed by atoms with van der Waals surface area (Å²) >= 11 is 0. The van der Waals surface area contributed by atoms with Crippen molar-refractivity contribution in [2.45, 2.75) is 26.1 Å². The number of carbonyl (C=O) groups is 1. The largest absolute Gasteiger partial charge is 0.493 e. The van der Waals surface area contributed by atoms with E-state index in [4.69, 9.17) is 14.7 Å². The van der Waals surface area contributed by atoms with Crippen LogP contribution in [0.2, 0.25) is 0 Å². The number of rotatable bonds is 4. The van der Waals surface area contributed by atoms with Gasteiger partial charge >= 0.3 is 6.03 Å². The highest BCUT2D eigenvalue weighted by molar-refractivity contribution is 5.99. The first-order valence-electron chi connectivity index (χ1n) is 11.2. The lowest BCUT2D eigenvalue weighted by Crippen LogP contribution is -2.44. The second-order valence-corrected chi connectivity index (χ2v) is 8.62. The third kappa shape index (κ3) is 4.63. The van der Waals surface area contributed by atoms with Crippen LogP contribution in [0.3, 0.4) is 0 Å². The number of nitrogens with zero attached hydrogens (tertiary/aromatic N) is 5. The highest BCUT2D eigenvalue weighted by Crippen LogP contribution is 2.33. The van der Waals surface area contributed by atoms with Gasteiger partial charge in [0.05, 0.1) is 24.9 Å². The maximum absolute atomic E-state index is 12.3. The molecule has 1 saturated heterocycles. The van der Waals surface area contributed by atoms with Gasteiger partial charge in [0.2, 0.25) is 5.88 Å². The molecule has 0 aliphatic carbocycles. The number of anilines is 3. The minimum atomic E-state index is -0.453. The predicted molar refractivity (Wildman–Crippen MR) is 129 cm³/mol. The van der Waals surface area contributed by atoms with Crippen molar-refractivity contribution in [3.63, 3.8) is 0 Å². The first-order valence-corrected chi connectivity index (χ1v) is 11.2. The zero-order valence-electron chi connectivity index (χ0n) is 19.2. The summed E-state index contributed by atoms with van der Waals surface area (Å²) < 4.78 is 5.63. The number of ether oxygens (including phenoxy) is 1. The van der Waals surface area contributed by atoms with E-state index < -0.39 is 6.03 Å². The first kappa shape index (κ1) is 22.1. The summed E-state index contributed by atoms with van der Waals surface area (Å²) in [6.07, 6.45) is 0. The maximum atomic E-state index is 12.3. The van der Waals surface area contributed by atoms with Gasteiger partial charge in [-0.3, -0.25) is 10.2 Å². The minimum Gasteiger partial charge on any atom is -0.493 e. The monoisotopic (exact) mass is 461 g/mol. The molecule has 1 aromatic carbocycles. The van der Waals surface area contributed by atoms with Crippen LogP contribution < -0.4 is 15.5 Å². The van der Waals surface area contributed by atoms with E-state index in [9.17, 15) is 9.90 Å². The summed E-state index contributed by atoms with van der Waals surface area (Å²) in [5, 5.41) is 14.8. The zero-order chi connectivity index (χ0) is 23.7. The number of pyridine rings is 1. The summed E-state index contributed by atoms with van der Waals surface area (Å²) in [4.78, 5) is 30.5. The minimum absolute atomic E-state index is 0.159. The summed E-state index contributed by atoms with van der Waals surface area (Å²) in [6.45, 7) is 5.96. The van der Waals surface area contributed by atoms with Gasteiger partial charge in [-0.05, 0) is 44.3 Å². The van der Waals surface area contributed by atoms with Gasteiger partial charge in [0.15, 0.2) is 5.82 Å². The molecule has 2 aromatic heterocycles. The molecule has 0 saturated carbocycles. The average molecular weight is 462 g/mol. The number of urea groups is 1. The Hall–Kier alpha value is -3.76. The van der Waals surface area contributed by atoms with Crippen molar-refractivity contribution >= 4 is 23.4 Å². The van der Waals surface area contributed by atoms with Crippen LogP contribution in [0, 0.1) is 0 Å². The molecule has 3 N–H and O–H groups in total. The van der Waals surface area contributed by atoms with Gasteiger partial charge in [-0.25, -0.2) is 14.8 Å².